The Morgan fingerprint density at radius 2 is 2.20 bits per heavy atom. The maximum Gasteiger partial charge on any atom is 0.319 e. The van der Waals surface area contributed by atoms with Crippen LogP contribution in [0, 0.1) is 0 Å². The Labute approximate surface area is 152 Å². The molecule has 2 N–H and O–H groups in total. The average molecular weight is 360 g/mol. The van der Waals surface area contributed by atoms with Crippen molar-refractivity contribution in [1.29, 1.82) is 0 Å². The molecule has 7 nitrogen and oxygen atoms in total. The summed E-state index contributed by atoms with van der Waals surface area (Å²) < 4.78 is 2.31. The predicted molar refractivity (Wildman–Crippen MR) is 98.9 cm³/mol. The normalized spacial score (nSPS) is 14.6. The molecule has 2 aromatic heterocycles. The lowest BCUT2D eigenvalue weighted by Crippen LogP contribution is -2.30. The fourth-order valence-corrected chi connectivity index (χ4v) is 3.78. The van der Waals surface area contributed by atoms with Crippen LogP contribution in [-0.4, -0.2) is 38.6 Å². The van der Waals surface area contributed by atoms with Crippen LogP contribution in [0.15, 0.2) is 29.7 Å². The largest absolute Gasteiger partial charge is 0.338 e. The Morgan fingerprint density at radius 3 is 2.92 bits per heavy atom. The number of nitrogens with zero attached hydrogens (tertiary/aromatic N) is 4. The van der Waals surface area contributed by atoms with Crippen molar-refractivity contribution in [3.63, 3.8) is 0 Å². The topological polar surface area (TPSA) is 84.7 Å². The highest BCUT2D eigenvalue weighted by Gasteiger charge is 2.23. The minimum atomic E-state index is -0.213. The predicted octanol–water partition coefficient (Wildman–Crippen LogP) is 3.26. The van der Waals surface area contributed by atoms with Gasteiger partial charge in [-0.15, -0.1) is 10.2 Å². The van der Waals surface area contributed by atoms with Gasteiger partial charge in [0.1, 0.15) is 5.82 Å². The van der Waals surface area contributed by atoms with Gasteiger partial charge in [-0.2, -0.15) is 0 Å². The van der Waals surface area contributed by atoms with Crippen LogP contribution in [0.4, 0.5) is 10.5 Å². The summed E-state index contributed by atoms with van der Waals surface area (Å²) >= 11 is 1.65. The third-order valence-corrected chi connectivity index (χ3v) is 5.03. The Kier molecular flexibility index (Phi) is 6.27. The minimum absolute atomic E-state index is 0.213. The van der Waals surface area contributed by atoms with E-state index < -0.39 is 0 Å². The molecule has 0 spiro atoms. The van der Waals surface area contributed by atoms with E-state index in [4.69, 9.17) is 0 Å². The molecule has 0 bridgehead atoms. The highest BCUT2D eigenvalue weighted by Crippen LogP contribution is 2.33. The number of hydrogen-bond donors (Lipinski definition) is 2. The van der Waals surface area contributed by atoms with Gasteiger partial charge in [0, 0.05) is 25.2 Å². The van der Waals surface area contributed by atoms with E-state index in [1.807, 2.05) is 6.26 Å². The number of carbonyl (C=O) groups excluding carboxylic acids is 1. The molecule has 134 valence electrons. The smallest absolute Gasteiger partial charge is 0.319 e. The zero-order valence-corrected chi connectivity index (χ0v) is 15.3. The van der Waals surface area contributed by atoms with Gasteiger partial charge in [-0.1, -0.05) is 24.6 Å². The van der Waals surface area contributed by atoms with E-state index in [-0.39, 0.29) is 6.03 Å². The van der Waals surface area contributed by atoms with Gasteiger partial charge in [0.05, 0.1) is 11.9 Å². The van der Waals surface area contributed by atoms with E-state index in [2.05, 4.69) is 30.4 Å². The van der Waals surface area contributed by atoms with Crippen LogP contribution < -0.4 is 10.6 Å². The summed E-state index contributed by atoms with van der Waals surface area (Å²) in [7, 11) is 0. The molecule has 0 atom stereocenters. The number of hydrogen-bond acceptors (Lipinski definition) is 5. The average Bonchev–Trinajstić information content (AvgIpc) is 3.28. The lowest BCUT2D eigenvalue weighted by molar-refractivity contribution is 0.252. The third kappa shape index (κ3) is 4.72. The summed E-state index contributed by atoms with van der Waals surface area (Å²) in [6.45, 7) is 0.595. The number of pyridine rings is 1. The first-order valence-electron chi connectivity index (χ1n) is 8.70. The van der Waals surface area contributed by atoms with E-state index >= 15 is 0 Å². The van der Waals surface area contributed by atoms with Crippen molar-refractivity contribution in [2.24, 2.45) is 0 Å². The Balaban J connectivity index is 1.47. The molecule has 1 saturated carbocycles. The number of aryl methyl sites for hydroxylation is 1. The van der Waals surface area contributed by atoms with Crippen LogP contribution in [0.5, 0.6) is 0 Å². The molecule has 2 amide bonds. The highest BCUT2D eigenvalue weighted by atomic mass is 32.2. The van der Waals surface area contributed by atoms with Crippen LogP contribution in [0.3, 0.4) is 0 Å². The molecular weight excluding hydrogens is 336 g/mol. The van der Waals surface area contributed by atoms with Crippen LogP contribution in [0.1, 0.15) is 44.0 Å². The second-order valence-corrected chi connectivity index (χ2v) is 6.91. The number of rotatable bonds is 7. The molecule has 0 aliphatic heterocycles. The molecule has 25 heavy (non-hydrogen) atoms. The summed E-state index contributed by atoms with van der Waals surface area (Å²) in [5.41, 5.74) is 0.686. The number of amides is 2. The summed E-state index contributed by atoms with van der Waals surface area (Å²) in [6.07, 6.45) is 12.0. The monoisotopic (exact) mass is 360 g/mol. The quantitative estimate of drug-likeness (QED) is 0.585. The highest BCUT2D eigenvalue weighted by molar-refractivity contribution is 7.98. The molecule has 8 heteroatoms. The fourth-order valence-electron chi connectivity index (χ4n) is 3.21. The number of urea groups is 1. The molecule has 2 aromatic rings. The lowest BCUT2D eigenvalue weighted by Gasteiger charge is -2.16. The first kappa shape index (κ1) is 17.7. The Bertz CT molecular complexity index is 684. The van der Waals surface area contributed by atoms with Gasteiger partial charge < -0.3 is 15.2 Å². The lowest BCUT2D eigenvalue weighted by atomic mass is 10.2. The molecule has 2 heterocycles. The number of nitrogens with one attached hydrogen (secondary N) is 2. The third-order valence-electron chi connectivity index (χ3n) is 4.39. The summed E-state index contributed by atoms with van der Waals surface area (Å²) in [4.78, 5) is 15.8. The summed E-state index contributed by atoms with van der Waals surface area (Å²) in [5, 5.41) is 15.3. The van der Waals surface area contributed by atoms with Crippen LogP contribution in [-0.2, 0) is 6.42 Å². The zero-order valence-electron chi connectivity index (χ0n) is 14.4. The summed E-state index contributed by atoms with van der Waals surface area (Å²) in [6, 6.07) is 3.92. The SMILES string of the molecule is CSc1nnc(CCCNC(=O)Nc2cccnc2)n1C1CCCC1. The minimum Gasteiger partial charge on any atom is -0.338 e. The maximum atomic E-state index is 11.9. The van der Waals surface area contributed by atoms with Gasteiger partial charge in [0.25, 0.3) is 0 Å². The van der Waals surface area contributed by atoms with Crippen LogP contribution in [0.2, 0.25) is 0 Å². The van der Waals surface area contributed by atoms with Gasteiger partial charge in [-0.25, -0.2) is 4.79 Å². The van der Waals surface area contributed by atoms with Crippen molar-refractivity contribution in [3.8, 4) is 0 Å². The standard InChI is InChI=1S/C17H24N6OS/c1-25-17-22-21-15(23(17)14-7-2-3-8-14)9-5-11-19-16(24)20-13-6-4-10-18-12-13/h4,6,10,12,14H,2-3,5,7-9,11H2,1H3,(H2,19,20,24). The first-order chi connectivity index (χ1) is 12.3. The molecule has 1 aliphatic rings. The molecule has 0 saturated heterocycles. The zero-order chi connectivity index (χ0) is 17.5. The van der Waals surface area contributed by atoms with Gasteiger partial charge in [-0.05, 0) is 37.7 Å². The van der Waals surface area contributed by atoms with Crippen LogP contribution in [0.25, 0.3) is 0 Å². The number of aromatic nitrogens is 4. The molecule has 1 fully saturated rings. The van der Waals surface area contributed by atoms with E-state index in [1.165, 1.54) is 25.7 Å². The van der Waals surface area contributed by atoms with E-state index in [0.29, 0.717) is 18.3 Å². The van der Waals surface area contributed by atoms with E-state index in [9.17, 15) is 4.79 Å². The van der Waals surface area contributed by atoms with Crippen molar-refractivity contribution >= 4 is 23.5 Å². The number of carbonyl (C=O) groups is 1. The fraction of sp³-hybridized carbons (Fsp3) is 0.529. The first-order valence-corrected chi connectivity index (χ1v) is 9.93. The molecule has 1 aliphatic carbocycles. The van der Waals surface area contributed by atoms with Crippen molar-refractivity contribution in [3.05, 3.63) is 30.4 Å². The van der Waals surface area contributed by atoms with Crippen LogP contribution >= 0.6 is 11.8 Å². The van der Waals surface area contributed by atoms with Gasteiger partial charge in [0.15, 0.2) is 5.16 Å². The molecular formula is C17H24N6OS. The second kappa shape index (κ2) is 8.84. The summed E-state index contributed by atoms with van der Waals surface area (Å²) in [5.74, 6) is 1.03. The van der Waals surface area contributed by atoms with Gasteiger partial charge in [-0.3, -0.25) is 4.98 Å². The molecule has 0 radical (unpaired) electrons. The number of anilines is 1. The molecule has 0 aromatic carbocycles. The Morgan fingerprint density at radius 1 is 1.36 bits per heavy atom. The second-order valence-electron chi connectivity index (χ2n) is 6.14. The maximum absolute atomic E-state index is 11.9. The Hall–Kier alpha value is -2.09. The van der Waals surface area contributed by atoms with Crippen molar-refractivity contribution in [2.75, 3.05) is 18.1 Å². The van der Waals surface area contributed by atoms with E-state index in [0.717, 1.165) is 23.8 Å². The molecule has 0 unspecified atom stereocenters. The van der Waals surface area contributed by atoms with Crippen molar-refractivity contribution in [1.82, 2.24) is 25.1 Å². The van der Waals surface area contributed by atoms with E-state index in [1.54, 1.807) is 36.3 Å². The van der Waals surface area contributed by atoms with Crippen molar-refractivity contribution < 1.29 is 4.79 Å². The van der Waals surface area contributed by atoms with Crippen molar-refractivity contribution in [2.45, 2.75) is 49.7 Å². The van der Waals surface area contributed by atoms with Gasteiger partial charge in [0.2, 0.25) is 0 Å². The number of thioether (sulfide) groups is 1. The molecule has 3 rings (SSSR count). The van der Waals surface area contributed by atoms with Gasteiger partial charge >= 0.3 is 6.03 Å².